The molecule has 4 nitrogen and oxygen atoms in total. The van der Waals surface area contributed by atoms with Gasteiger partial charge in [-0.25, -0.2) is 4.98 Å². The van der Waals surface area contributed by atoms with Crippen molar-refractivity contribution < 1.29 is 9.53 Å². The molecule has 1 fully saturated rings. The Morgan fingerprint density at radius 2 is 1.27 bits per heavy atom. The Balaban J connectivity index is 1.46. The highest BCUT2D eigenvalue weighted by molar-refractivity contribution is 5.96. The van der Waals surface area contributed by atoms with E-state index >= 15 is 0 Å². The van der Waals surface area contributed by atoms with Gasteiger partial charge in [0.2, 0.25) is 0 Å². The topological polar surface area (TPSA) is 44.1 Å². The third-order valence-corrected chi connectivity index (χ3v) is 7.83. The largest absolute Gasteiger partial charge is 0.381 e. The number of aromatic nitrogens is 2. The molecule has 0 N–H and O–H groups in total. The summed E-state index contributed by atoms with van der Waals surface area (Å²) in [6.45, 7) is 1.31. The van der Waals surface area contributed by atoms with E-state index in [1.807, 2.05) is 48.8 Å². The summed E-state index contributed by atoms with van der Waals surface area (Å²) < 4.78 is 7.65. The van der Waals surface area contributed by atoms with Crippen LogP contribution >= 0.6 is 0 Å². The van der Waals surface area contributed by atoms with E-state index in [1.54, 1.807) is 6.08 Å². The zero-order valence-electron chi connectivity index (χ0n) is 22.4. The van der Waals surface area contributed by atoms with Crippen molar-refractivity contribution >= 4 is 11.9 Å². The Labute approximate surface area is 235 Å². The molecule has 6 rings (SSSR count). The van der Waals surface area contributed by atoms with Crippen LogP contribution in [0.15, 0.2) is 134 Å². The van der Waals surface area contributed by atoms with Crippen LogP contribution in [-0.4, -0.2) is 28.5 Å². The first-order valence-corrected chi connectivity index (χ1v) is 13.9. The average molecular weight is 525 g/mol. The van der Waals surface area contributed by atoms with E-state index in [0.29, 0.717) is 13.2 Å². The molecule has 0 atom stereocenters. The maximum Gasteiger partial charge on any atom is 0.158 e. The molecule has 5 aromatic rings. The summed E-state index contributed by atoms with van der Waals surface area (Å²) in [5.41, 5.74) is 5.62. The molecular weight excluding hydrogens is 492 g/mol. The third kappa shape index (κ3) is 4.94. The Bertz CT molecular complexity index is 1490. The summed E-state index contributed by atoms with van der Waals surface area (Å²) in [5, 5.41) is 0. The van der Waals surface area contributed by atoms with Gasteiger partial charge in [0.15, 0.2) is 5.78 Å². The van der Waals surface area contributed by atoms with Crippen molar-refractivity contribution in [3.05, 3.63) is 156 Å². The highest BCUT2D eigenvalue weighted by atomic mass is 16.5. The van der Waals surface area contributed by atoms with Gasteiger partial charge in [-0.3, -0.25) is 4.79 Å². The molecule has 4 aromatic carbocycles. The van der Waals surface area contributed by atoms with Crippen LogP contribution in [0, 0.1) is 5.92 Å². The number of hydrogen-bond acceptors (Lipinski definition) is 3. The number of carbonyl (C=O) groups excluding carboxylic acids is 1. The summed E-state index contributed by atoms with van der Waals surface area (Å²) in [5.74, 6) is 0.208. The molecule has 2 heterocycles. The third-order valence-electron chi connectivity index (χ3n) is 7.83. The summed E-state index contributed by atoms with van der Waals surface area (Å²) in [6, 6.07) is 39.9. The molecule has 0 unspecified atom stereocenters. The first-order valence-electron chi connectivity index (χ1n) is 13.9. The fourth-order valence-electron chi connectivity index (χ4n) is 5.80. The van der Waals surface area contributed by atoms with Crippen LogP contribution in [-0.2, 0) is 15.1 Å². The summed E-state index contributed by atoms with van der Waals surface area (Å²) in [4.78, 5) is 17.8. The molecule has 1 aromatic heterocycles. The first kappa shape index (κ1) is 25.7. The Morgan fingerprint density at radius 1 is 0.750 bits per heavy atom. The monoisotopic (exact) mass is 524 g/mol. The van der Waals surface area contributed by atoms with Crippen molar-refractivity contribution in [1.29, 1.82) is 0 Å². The van der Waals surface area contributed by atoms with Gasteiger partial charge < -0.3 is 9.30 Å². The fourth-order valence-corrected chi connectivity index (χ4v) is 5.80. The molecule has 0 bridgehead atoms. The zero-order chi connectivity index (χ0) is 27.2. The molecule has 40 heavy (non-hydrogen) atoms. The molecule has 4 heteroatoms. The van der Waals surface area contributed by atoms with E-state index in [2.05, 4.69) is 89.6 Å². The standard InChI is InChI=1S/C36H32N2O2/c39-35(29-22-24-40-25-23-29)21-20-28-12-10-11-19-33(28)34-26-38(27-37-34)36(30-13-4-1-5-14-30,31-15-6-2-7-16-31)32-17-8-3-9-18-32/h1-21,26-27,29H,22-25H2/b21-20+. The Kier molecular flexibility index (Phi) is 7.51. The molecule has 0 radical (unpaired) electrons. The quantitative estimate of drug-likeness (QED) is 0.157. The van der Waals surface area contributed by atoms with Crippen LogP contribution in [0.3, 0.4) is 0 Å². The molecular formula is C36H32N2O2. The second kappa shape index (κ2) is 11.7. The number of benzene rings is 4. The van der Waals surface area contributed by atoms with Crippen molar-refractivity contribution in [2.24, 2.45) is 5.92 Å². The van der Waals surface area contributed by atoms with Crippen LogP contribution in [0.2, 0.25) is 0 Å². The van der Waals surface area contributed by atoms with E-state index in [9.17, 15) is 4.79 Å². The van der Waals surface area contributed by atoms with Crippen LogP contribution in [0.25, 0.3) is 17.3 Å². The average Bonchev–Trinajstić information content (AvgIpc) is 3.53. The second-order valence-corrected chi connectivity index (χ2v) is 10.2. The predicted octanol–water partition coefficient (Wildman–Crippen LogP) is 7.40. The zero-order valence-corrected chi connectivity index (χ0v) is 22.4. The lowest BCUT2D eigenvalue weighted by molar-refractivity contribution is -0.120. The highest BCUT2D eigenvalue weighted by Crippen LogP contribution is 2.41. The predicted molar refractivity (Wildman–Crippen MR) is 160 cm³/mol. The molecule has 0 aliphatic carbocycles. The van der Waals surface area contributed by atoms with Crippen LogP contribution in [0.1, 0.15) is 35.1 Å². The molecule has 0 amide bonds. The Morgan fingerprint density at radius 3 is 1.85 bits per heavy atom. The molecule has 1 aliphatic heterocycles. The van der Waals surface area contributed by atoms with Crippen molar-refractivity contribution in [3.63, 3.8) is 0 Å². The summed E-state index contributed by atoms with van der Waals surface area (Å²) in [7, 11) is 0. The van der Waals surface area contributed by atoms with E-state index in [4.69, 9.17) is 9.72 Å². The number of ether oxygens (including phenoxy) is 1. The number of hydrogen-bond donors (Lipinski definition) is 0. The van der Waals surface area contributed by atoms with Gasteiger partial charge in [-0.05, 0) is 41.2 Å². The van der Waals surface area contributed by atoms with Gasteiger partial charge in [-0.15, -0.1) is 0 Å². The highest BCUT2D eigenvalue weighted by Gasteiger charge is 2.38. The van der Waals surface area contributed by atoms with Gasteiger partial charge in [0.25, 0.3) is 0 Å². The van der Waals surface area contributed by atoms with Crippen molar-refractivity contribution in [1.82, 2.24) is 9.55 Å². The number of ketones is 1. The van der Waals surface area contributed by atoms with Gasteiger partial charge in [0, 0.05) is 30.9 Å². The molecule has 0 saturated carbocycles. The lowest BCUT2D eigenvalue weighted by Crippen LogP contribution is -2.36. The number of imidazole rings is 1. The number of carbonyl (C=O) groups is 1. The Hall–Kier alpha value is -4.54. The van der Waals surface area contributed by atoms with Gasteiger partial charge in [-0.1, -0.05) is 121 Å². The van der Waals surface area contributed by atoms with Gasteiger partial charge in [-0.2, -0.15) is 0 Å². The minimum absolute atomic E-state index is 0.0413. The number of allylic oxidation sites excluding steroid dienone is 1. The van der Waals surface area contributed by atoms with Crippen molar-refractivity contribution in [2.75, 3.05) is 13.2 Å². The van der Waals surface area contributed by atoms with E-state index in [1.165, 1.54) is 0 Å². The minimum Gasteiger partial charge on any atom is -0.381 e. The van der Waals surface area contributed by atoms with E-state index in [-0.39, 0.29) is 11.7 Å². The first-order chi connectivity index (χ1) is 19.8. The van der Waals surface area contributed by atoms with E-state index < -0.39 is 5.54 Å². The fraction of sp³-hybridized carbons (Fsp3) is 0.167. The van der Waals surface area contributed by atoms with Crippen molar-refractivity contribution in [3.8, 4) is 11.3 Å². The maximum absolute atomic E-state index is 12.9. The lowest BCUT2D eigenvalue weighted by atomic mass is 9.77. The van der Waals surface area contributed by atoms with Crippen LogP contribution in [0.4, 0.5) is 0 Å². The maximum atomic E-state index is 12.9. The van der Waals surface area contributed by atoms with Crippen LogP contribution < -0.4 is 0 Å². The smallest absolute Gasteiger partial charge is 0.158 e. The lowest BCUT2D eigenvalue weighted by Gasteiger charge is -2.37. The number of rotatable bonds is 8. The number of nitrogens with zero attached hydrogens (tertiary/aromatic N) is 2. The molecule has 1 saturated heterocycles. The summed E-state index contributed by atoms with van der Waals surface area (Å²) >= 11 is 0. The minimum atomic E-state index is -0.626. The van der Waals surface area contributed by atoms with Crippen molar-refractivity contribution in [2.45, 2.75) is 18.4 Å². The second-order valence-electron chi connectivity index (χ2n) is 10.2. The van der Waals surface area contributed by atoms with Gasteiger partial charge >= 0.3 is 0 Å². The summed E-state index contributed by atoms with van der Waals surface area (Å²) in [6.07, 6.45) is 9.29. The van der Waals surface area contributed by atoms with Gasteiger partial charge in [0.1, 0.15) is 5.54 Å². The normalized spacial score (nSPS) is 14.4. The van der Waals surface area contributed by atoms with Crippen LogP contribution in [0.5, 0.6) is 0 Å². The van der Waals surface area contributed by atoms with Gasteiger partial charge in [0.05, 0.1) is 12.0 Å². The molecule has 1 aliphatic rings. The van der Waals surface area contributed by atoms with E-state index in [0.717, 1.165) is 46.4 Å². The molecule has 0 spiro atoms. The molecule has 198 valence electrons. The SMILES string of the molecule is O=C(/C=C/c1ccccc1-c1cn(C(c2ccccc2)(c2ccccc2)c2ccccc2)cn1)C1CCOCC1.